The lowest BCUT2D eigenvalue weighted by Crippen LogP contribution is -2.29. The number of fused-ring (bicyclic) bond motifs is 2. The van der Waals surface area contributed by atoms with Gasteiger partial charge in [-0.1, -0.05) is 24.3 Å². The van der Waals surface area contributed by atoms with E-state index in [0.717, 1.165) is 10.6 Å². The highest BCUT2D eigenvalue weighted by atomic mass is 32.1. The molecule has 1 aliphatic heterocycles. The molecular weight excluding hydrogens is 428 g/mol. The summed E-state index contributed by atoms with van der Waals surface area (Å²) in [6.45, 7) is 3.81. The van der Waals surface area contributed by atoms with Crippen molar-refractivity contribution < 1.29 is 18.7 Å². The Morgan fingerprint density at radius 2 is 1.81 bits per heavy atom. The van der Waals surface area contributed by atoms with Crippen molar-refractivity contribution in [2.45, 2.75) is 19.9 Å². The first kappa shape index (κ1) is 20.1. The van der Waals surface area contributed by atoms with Gasteiger partial charge in [0, 0.05) is 4.88 Å². The van der Waals surface area contributed by atoms with Crippen LogP contribution in [0.4, 0.5) is 5.13 Å². The van der Waals surface area contributed by atoms with Crippen LogP contribution in [0.1, 0.15) is 48.7 Å². The van der Waals surface area contributed by atoms with Gasteiger partial charge >= 0.3 is 5.97 Å². The molecule has 0 radical (unpaired) electrons. The van der Waals surface area contributed by atoms with Crippen molar-refractivity contribution in [3.63, 3.8) is 0 Å². The molecular formula is C24H18N2O5S. The van der Waals surface area contributed by atoms with E-state index in [9.17, 15) is 14.4 Å². The average molecular weight is 446 g/mol. The maximum Gasteiger partial charge on any atom is 0.337 e. The molecule has 2 aromatic heterocycles. The molecule has 0 unspecified atom stereocenters. The highest BCUT2D eigenvalue weighted by molar-refractivity contribution is 7.15. The number of anilines is 1. The number of hydrogen-bond donors (Lipinski definition) is 0. The lowest BCUT2D eigenvalue weighted by molar-refractivity contribution is 0.0600. The van der Waals surface area contributed by atoms with Gasteiger partial charge < -0.3 is 9.15 Å². The van der Waals surface area contributed by atoms with Crippen molar-refractivity contribution in [3.8, 4) is 0 Å². The van der Waals surface area contributed by atoms with E-state index in [4.69, 9.17) is 9.15 Å². The predicted molar refractivity (Wildman–Crippen MR) is 121 cm³/mol. The third-order valence-electron chi connectivity index (χ3n) is 5.65. The molecule has 4 aromatic rings. The molecule has 5 rings (SSSR count). The van der Waals surface area contributed by atoms with Gasteiger partial charge in [-0.05, 0) is 43.7 Å². The lowest BCUT2D eigenvalue weighted by atomic mass is 9.98. The highest BCUT2D eigenvalue weighted by Crippen LogP contribution is 2.42. The molecule has 0 fully saturated rings. The second kappa shape index (κ2) is 7.42. The zero-order chi connectivity index (χ0) is 22.6. The molecule has 160 valence electrons. The van der Waals surface area contributed by atoms with Crippen LogP contribution in [-0.4, -0.2) is 24.0 Å². The number of aryl methyl sites for hydroxylation is 2. The fourth-order valence-corrected chi connectivity index (χ4v) is 4.85. The first-order valence-electron chi connectivity index (χ1n) is 9.92. The molecule has 0 N–H and O–H groups in total. The number of nitrogens with zero attached hydrogens (tertiary/aromatic N) is 2. The Morgan fingerprint density at radius 1 is 1.09 bits per heavy atom. The first-order valence-corrected chi connectivity index (χ1v) is 10.7. The Labute approximate surface area is 186 Å². The Morgan fingerprint density at radius 3 is 2.47 bits per heavy atom. The number of hydrogen-bond acceptors (Lipinski definition) is 7. The van der Waals surface area contributed by atoms with Crippen molar-refractivity contribution in [1.29, 1.82) is 0 Å². The normalized spacial score (nSPS) is 15.3. The van der Waals surface area contributed by atoms with Gasteiger partial charge in [-0.2, -0.15) is 0 Å². The first-order chi connectivity index (χ1) is 15.4. The van der Waals surface area contributed by atoms with E-state index < -0.39 is 17.9 Å². The summed E-state index contributed by atoms with van der Waals surface area (Å²) in [5, 5.41) is 0.894. The van der Waals surface area contributed by atoms with Gasteiger partial charge in [0.2, 0.25) is 5.76 Å². The average Bonchev–Trinajstić information content (AvgIpc) is 3.29. The second-order valence-electron chi connectivity index (χ2n) is 7.50. The lowest BCUT2D eigenvalue weighted by Gasteiger charge is -2.22. The van der Waals surface area contributed by atoms with E-state index in [0.29, 0.717) is 27.2 Å². The van der Waals surface area contributed by atoms with E-state index in [2.05, 4.69) is 4.98 Å². The summed E-state index contributed by atoms with van der Waals surface area (Å²) < 4.78 is 10.7. The minimum absolute atomic E-state index is 0.0150. The standard InChI is InChI=1S/C24H18N2O5S/c1-12-13(2)32-24(25-12)26-19(14-8-10-15(11-9-14)23(29)30-3)18-20(27)16-6-4-5-7-17(16)31-21(18)22(26)28/h4-11,19H,1-3H3/t19-/m1/s1. The van der Waals surface area contributed by atoms with Gasteiger partial charge in [-0.25, -0.2) is 9.78 Å². The number of carbonyl (C=O) groups excluding carboxylic acids is 2. The van der Waals surface area contributed by atoms with E-state index in [-0.39, 0.29) is 16.8 Å². The molecule has 32 heavy (non-hydrogen) atoms. The number of carbonyl (C=O) groups is 2. The van der Waals surface area contributed by atoms with Crippen molar-refractivity contribution in [1.82, 2.24) is 4.98 Å². The zero-order valence-electron chi connectivity index (χ0n) is 17.5. The second-order valence-corrected chi connectivity index (χ2v) is 8.68. The molecule has 0 bridgehead atoms. The third-order valence-corrected chi connectivity index (χ3v) is 6.72. The molecule has 1 aliphatic rings. The topological polar surface area (TPSA) is 89.7 Å². The molecule has 2 aromatic carbocycles. The summed E-state index contributed by atoms with van der Waals surface area (Å²) >= 11 is 1.38. The monoisotopic (exact) mass is 446 g/mol. The Balaban J connectivity index is 1.76. The van der Waals surface area contributed by atoms with Crippen molar-refractivity contribution in [2.75, 3.05) is 12.0 Å². The number of methoxy groups -OCH3 is 1. The Kier molecular flexibility index (Phi) is 4.67. The molecule has 0 saturated heterocycles. The summed E-state index contributed by atoms with van der Waals surface area (Å²) in [7, 11) is 1.31. The van der Waals surface area contributed by atoms with E-state index in [1.54, 1.807) is 48.5 Å². The van der Waals surface area contributed by atoms with Gasteiger partial charge in [0.25, 0.3) is 5.91 Å². The summed E-state index contributed by atoms with van der Waals surface area (Å²) in [4.78, 5) is 45.9. The molecule has 0 saturated carbocycles. The van der Waals surface area contributed by atoms with Crippen LogP contribution < -0.4 is 10.3 Å². The molecule has 1 atom stereocenters. The fraction of sp³-hybridized carbons (Fsp3) is 0.167. The van der Waals surface area contributed by atoms with Crippen LogP contribution in [0.25, 0.3) is 11.0 Å². The van der Waals surface area contributed by atoms with Crippen LogP contribution in [0.3, 0.4) is 0 Å². The smallest absolute Gasteiger partial charge is 0.337 e. The largest absolute Gasteiger partial charge is 0.465 e. The number of benzene rings is 2. The van der Waals surface area contributed by atoms with Gasteiger partial charge in [0.05, 0.1) is 35.4 Å². The Hall–Kier alpha value is -3.78. The van der Waals surface area contributed by atoms with Crippen LogP contribution in [0.2, 0.25) is 0 Å². The number of rotatable bonds is 3. The quantitative estimate of drug-likeness (QED) is 0.433. The maximum absolute atomic E-state index is 13.5. The van der Waals surface area contributed by atoms with Crippen molar-refractivity contribution in [3.05, 3.63) is 91.8 Å². The number of esters is 1. The summed E-state index contributed by atoms with van der Waals surface area (Å²) in [6.07, 6.45) is 0. The van der Waals surface area contributed by atoms with Crippen LogP contribution in [0.5, 0.6) is 0 Å². The van der Waals surface area contributed by atoms with Gasteiger partial charge in [-0.15, -0.1) is 11.3 Å². The van der Waals surface area contributed by atoms with E-state index in [1.165, 1.54) is 23.3 Å². The summed E-state index contributed by atoms with van der Waals surface area (Å²) in [6, 6.07) is 12.8. The molecule has 3 heterocycles. The van der Waals surface area contributed by atoms with Crippen LogP contribution in [0.15, 0.2) is 57.7 Å². The number of amides is 1. The van der Waals surface area contributed by atoms with Gasteiger partial charge in [0.1, 0.15) is 5.58 Å². The minimum atomic E-state index is -0.727. The maximum atomic E-state index is 13.5. The van der Waals surface area contributed by atoms with Gasteiger partial charge in [-0.3, -0.25) is 14.5 Å². The predicted octanol–water partition coefficient (Wildman–Crippen LogP) is 4.40. The van der Waals surface area contributed by atoms with Crippen LogP contribution in [0, 0.1) is 13.8 Å². The number of ether oxygens (including phenoxy) is 1. The molecule has 8 heteroatoms. The summed E-state index contributed by atoms with van der Waals surface area (Å²) in [5.74, 6) is -0.868. The van der Waals surface area contributed by atoms with E-state index in [1.807, 2.05) is 13.8 Å². The summed E-state index contributed by atoms with van der Waals surface area (Å²) in [5.41, 5.74) is 2.22. The molecule has 7 nitrogen and oxygen atoms in total. The number of thiazole rings is 1. The van der Waals surface area contributed by atoms with Crippen LogP contribution in [-0.2, 0) is 4.74 Å². The number of para-hydroxylation sites is 1. The molecule has 1 amide bonds. The Bertz CT molecular complexity index is 1430. The van der Waals surface area contributed by atoms with E-state index >= 15 is 0 Å². The molecule has 0 spiro atoms. The van der Waals surface area contributed by atoms with Gasteiger partial charge in [0.15, 0.2) is 10.6 Å². The third kappa shape index (κ3) is 2.95. The van der Waals surface area contributed by atoms with Crippen LogP contribution >= 0.6 is 11.3 Å². The fourth-order valence-electron chi connectivity index (χ4n) is 3.91. The van der Waals surface area contributed by atoms with Crippen molar-refractivity contribution in [2.24, 2.45) is 0 Å². The highest BCUT2D eigenvalue weighted by Gasteiger charge is 2.45. The molecule has 0 aliphatic carbocycles. The SMILES string of the molecule is COC(=O)c1ccc([C@@H]2c3c(oc4ccccc4c3=O)C(=O)N2c2nc(C)c(C)s2)cc1. The van der Waals surface area contributed by atoms with Crippen molar-refractivity contribution >= 4 is 39.3 Å². The number of aromatic nitrogens is 1. The minimum Gasteiger partial charge on any atom is -0.465 e. The zero-order valence-corrected chi connectivity index (χ0v) is 18.4.